The SMILES string of the molecule is CCOC(=O)Cc1ccccc1OCc1cccc2oc(-c3ccnc(C#N)c3)cc12. The first kappa shape index (κ1) is 20.2. The van der Waals surface area contributed by atoms with E-state index >= 15 is 0 Å². The molecule has 0 N–H and O–H groups in total. The summed E-state index contributed by atoms with van der Waals surface area (Å²) in [6.07, 6.45) is 1.75. The van der Waals surface area contributed by atoms with Crippen LogP contribution in [0.1, 0.15) is 23.7 Å². The lowest BCUT2D eigenvalue weighted by molar-refractivity contribution is -0.142. The lowest BCUT2D eigenvalue weighted by Crippen LogP contribution is -2.09. The first-order valence-electron chi connectivity index (χ1n) is 9.92. The van der Waals surface area contributed by atoms with Crippen molar-refractivity contribution in [3.8, 4) is 23.1 Å². The minimum Gasteiger partial charge on any atom is -0.489 e. The zero-order chi connectivity index (χ0) is 21.6. The number of rotatable bonds is 7. The van der Waals surface area contributed by atoms with Gasteiger partial charge in [0.15, 0.2) is 0 Å². The van der Waals surface area contributed by atoms with Crippen molar-refractivity contribution in [1.82, 2.24) is 4.98 Å². The zero-order valence-electron chi connectivity index (χ0n) is 17.0. The van der Waals surface area contributed by atoms with E-state index in [0.29, 0.717) is 30.4 Å². The molecule has 0 radical (unpaired) electrons. The molecule has 2 aromatic heterocycles. The van der Waals surface area contributed by atoms with Gasteiger partial charge in [-0.15, -0.1) is 0 Å². The van der Waals surface area contributed by atoms with Crippen molar-refractivity contribution in [2.24, 2.45) is 0 Å². The molecule has 0 spiro atoms. The van der Waals surface area contributed by atoms with Crippen LogP contribution in [0.15, 0.2) is 71.3 Å². The third-order valence-corrected chi connectivity index (χ3v) is 4.81. The van der Waals surface area contributed by atoms with Crippen molar-refractivity contribution in [3.05, 3.63) is 83.7 Å². The number of fused-ring (bicyclic) bond motifs is 1. The number of hydrogen-bond donors (Lipinski definition) is 0. The summed E-state index contributed by atoms with van der Waals surface area (Å²) in [4.78, 5) is 15.9. The summed E-state index contributed by atoms with van der Waals surface area (Å²) in [5.41, 5.74) is 3.58. The van der Waals surface area contributed by atoms with Crippen molar-refractivity contribution >= 4 is 16.9 Å². The van der Waals surface area contributed by atoms with Crippen LogP contribution in [0.4, 0.5) is 0 Å². The first-order valence-corrected chi connectivity index (χ1v) is 9.92. The highest BCUT2D eigenvalue weighted by atomic mass is 16.5. The van der Waals surface area contributed by atoms with Crippen molar-refractivity contribution in [2.45, 2.75) is 20.0 Å². The van der Waals surface area contributed by atoms with Gasteiger partial charge in [0.1, 0.15) is 35.5 Å². The third-order valence-electron chi connectivity index (χ3n) is 4.81. The predicted octanol–water partition coefficient (Wildman–Crippen LogP) is 5.05. The number of esters is 1. The summed E-state index contributed by atoms with van der Waals surface area (Å²) in [5, 5.41) is 10.0. The molecule has 6 heteroatoms. The molecule has 0 saturated carbocycles. The summed E-state index contributed by atoms with van der Waals surface area (Å²) in [7, 11) is 0. The Balaban J connectivity index is 1.58. The highest BCUT2D eigenvalue weighted by Gasteiger charge is 2.13. The molecule has 2 aromatic carbocycles. The smallest absolute Gasteiger partial charge is 0.310 e. The lowest BCUT2D eigenvalue weighted by atomic mass is 10.1. The summed E-state index contributed by atoms with van der Waals surface area (Å²) < 4.78 is 17.1. The number of nitrogens with zero attached hydrogens (tertiary/aromatic N) is 2. The second-order valence-electron chi connectivity index (χ2n) is 6.86. The number of nitriles is 1. The Kier molecular flexibility index (Phi) is 5.95. The van der Waals surface area contributed by atoms with Gasteiger partial charge in [0.05, 0.1) is 13.0 Å². The monoisotopic (exact) mass is 412 g/mol. The molecule has 4 aromatic rings. The van der Waals surface area contributed by atoms with Crippen LogP contribution in [0.3, 0.4) is 0 Å². The third kappa shape index (κ3) is 4.57. The Bertz CT molecular complexity index is 1270. The van der Waals surface area contributed by atoms with Gasteiger partial charge >= 0.3 is 5.97 Å². The van der Waals surface area contributed by atoms with E-state index in [9.17, 15) is 4.79 Å². The topological polar surface area (TPSA) is 85.3 Å². The van der Waals surface area contributed by atoms with Gasteiger partial charge in [-0.2, -0.15) is 5.26 Å². The lowest BCUT2D eigenvalue weighted by Gasteiger charge is -2.11. The molecular weight excluding hydrogens is 392 g/mol. The Labute approximate surface area is 179 Å². The molecule has 6 nitrogen and oxygen atoms in total. The minimum atomic E-state index is -0.283. The van der Waals surface area contributed by atoms with Crippen LogP contribution in [0, 0.1) is 11.3 Å². The number of aromatic nitrogens is 1. The van der Waals surface area contributed by atoms with Gasteiger partial charge in [-0.1, -0.05) is 30.3 Å². The minimum absolute atomic E-state index is 0.160. The van der Waals surface area contributed by atoms with Gasteiger partial charge in [0.2, 0.25) is 0 Å². The van der Waals surface area contributed by atoms with E-state index in [1.54, 1.807) is 25.3 Å². The van der Waals surface area contributed by atoms with Gasteiger partial charge in [0.25, 0.3) is 0 Å². The van der Waals surface area contributed by atoms with E-state index in [1.807, 2.05) is 54.6 Å². The molecule has 0 amide bonds. The average Bonchev–Trinajstić information content (AvgIpc) is 3.24. The van der Waals surface area contributed by atoms with E-state index in [-0.39, 0.29) is 12.4 Å². The van der Waals surface area contributed by atoms with Crippen LogP contribution in [0.5, 0.6) is 5.75 Å². The number of para-hydroxylation sites is 1. The van der Waals surface area contributed by atoms with E-state index in [0.717, 1.165) is 27.7 Å². The fraction of sp³-hybridized carbons (Fsp3) is 0.160. The first-order chi connectivity index (χ1) is 15.2. The molecule has 0 atom stereocenters. The number of hydrogen-bond acceptors (Lipinski definition) is 6. The Hall–Kier alpha value is -4.11. The van der Waals surface area contributed by atoms with Crippen LogP contribution < -0.4 is 4.74 Å². The zero-order valence-corrected chi connectivity index (χ0v) is 17.0. The number of pyridine rings is 1. The van der Waals surface area contributed by atoms with E-state index < -0.39 is 0 Å². The number of benzene rings is 2. The molecule has 0 bridgehead atoms. The standard InChI is InChI=1S/C25H20N2O4/c1-2-29-25(28)13-17-6-3-4-8-22(17)30-16-19-7-5-9-23-21(19)14-24(31-23)18-10-11-27-20(12-18)15-26/h3-12,14H,2,13,16H2,1H3. The van der Waals surface area contributed by atoms with Crippen molar-refractivity contribution in [2.75, 3.05) is 6.61 Å². The summed E-state index contributed by atoms with van der Waals surface area (Å²) >= 11 is 0. The van der Waals surface area contributed by atoms with Gasteiger partial charge in [-0.3, -0.25) is 4.79 Å². The maximum Gasteiger partial charge on any atom is 0.310 e. The van der Waals surface area contributed by atoms with Gasteiger partial charge in [0, 0.05) is 28.3 Å². The fourth-order valence-corrected chi connectivity index (χ4v) is 3.35. The molecule has 0 saturated heterocycles. The second kappa shape index (κ2) is 9.14. The molecule has 0 aliphatic heterocycles. The summed E-state index contributed by atoms with van der Waals surface area (Å²) in [6, 6.07) is 20.7. The highest BCUT2D eigenvalue weighted by molar-refractivity contribution is 5.86. The Morgan fingerprint density at radius 3 is 2.77 bits per heavy atom. The quantitative estimate of drug-likeness (QED) is 0.395. The molecule has 0 aliphatic carbocycles. The van der Waals surface area contributed by atoms with Crippen LogP contribution in [0.2, 0.25) is 0 Å². The average molecular weight is 412 g/mol. The molecule has 0 unspecified atom stereocenters. The van der Waals surface area contributed by atoms with Gasteiger partial charge < -0.3 is 13.9 Å². The molecule has 2 heterocycles. The highest BCUT2D eigenvalue weighted by Crippen LogP contribution is 2.31. The van der Waals surface area contributed by atoms with E-state index in [2.05, 4.69) is 4.98 Å². The molecule has 0 fully saturated rings. The number of carbonyl (C=O) groups excluding carboxylic acids is 1. The van der Waals surface area contributed by atoms with Crippen LogP contribution in [0.25, 0.3) is 22.3 Å². The fourth-order valence-electron chi connectivity index (χ4n) is 3.35. The summed E-state index contributed by atoms with van der Waals surface area (Å²) in [6.45, 7) is 2.45. The van der Waals surface area contributed by atoms with Crippen LogP contribution in [-0.4, -0.2) is 17.6 Å². The van der Waals surface area contributed by atoms with Crippen molar-refractivity contribution in [1.29, 1.82) is 5.26 Å². The normalized spacial score (nSPS) is 10.6. The molecule has 31 heavy (non-hydrogen) atoms. The largest absolute Gasteiger partial charge is 0.489 e. The molecule has 0 aliphatic rings. The maximum atomic E-state index is 11.9. The van der Waals surface area contributed by atoms with Gasteiger partial charge in [-0.05, 0) is 37.3 Å². The number of carbonyl (C=O) groups is 1. The van der Waals surface area contributed by atoms with Gasteiger partial charge in [-0.25, -0.2) is 4.98 Å². The number of furan rings is 1. The van der Waals surface area contributed by atoms with Crippen molar-refractivity contribution < 1.29 is 18.7 Å². The van der Waals surface area contributed by atoms with E-state index in [4.69, 9.17) is 19.2 Å². The molecular formula is C25H20N2O4. The molecule has 4 rings (SSSR count). The maximum absolute atomic E-state index is 11.9. The molecule has 154 valence electrons. The van der Waals surface area contributed by atoms with Crippen LogP contribution in [-0.2, 0) is 22.6 Å². The number of ether oxygens (including phenoxy) is 2. The van der Waals surface area contributed by atoms with Crippen molar-refractivity contribution in [3.63, 3.8) is 0 Å². The predicted molar refractivity (Wildman–Crippen MR) is 115 cm³/mol. The second-order valence-corrected chi connectivity index (χ2v) is 6.86. The van der Waals surface area contributed by atoms with E-state index in [1.165, 1.54) is 0 Å². The van der Waals surface area contributed by atoms with Crippen LogP contribution >= 0.6 is 0 Å². The Morgan fingerprint density at radius 2 is 1.94 bits per heavy atom. The Morgan fingerprint density at radius 1 is 1.10 bits per heavy atom. The summed E-state index contributed by atoms with van der Waals surface area (Å²) in [5.74, 6) is 1.02.